The van der Waals surface area contributed by atoms with Crippen LogP contribution in [0.5, 0.6) is 5.75 Å². The Morgan fingerprint density at radius 1 is 1.21 bits per heavy atom. The molecule has 1 saturated carbocycles. The van der Waals surface area contributed by atoms with Gasteiger partial charge in [-0.05, 0) is 37.7 Å². The Kier molecular flexibility index (Phi) is 11.7. The van der Waals surface area contributed by atoms with E-state index in [2.05, 4.69) is 20.4 Å². The number of hydrogen-bond donors (Lipinski definition) is 2. The molecule has 5 nitrogen and oxygen atoms in total. The molecular weight excluding hydrogens is 479 g/mol. The van der Waals surface area contributed by atoms with Gasteiger partial charge in [0.25, 0.3) is 0 Å². The van der Waals surface area contributed by atoms with Crippen molar-refractivity contribution >= 4 is 29.9 Å². The van der Waals surface area contributed by atoms with E-state index in [9.17, 15) is 8.78 Å². The van der Waals surface area contributed by atoms with Crippen LogP contribution in [-0.2, 0) is 11.3 Å². The normalized spacial score (nSPS) is 16.0. The first-order chi connectivity index (χ1) is 13.1. The van der Waals surface area contributed by atoms with E-state index in [0.29, 0.717) is 11.5 Å². The number of para-hydroxylation sites is 1. The molecule has 0 spiro atoms. The summed E-state index contributed by atoms with van der Waals surface area (Å²) in [5.74, 6) is 0.854. The molecule has 0 aliphatic heterocycles. The van der Waals surface area contributed by atoms with Crippen molar-refractivity contribution < 1.29 is 18.3 Å². The Labute approximate surface area is 183 Å². The molecule has 0 saturated heterocycles. The van der Waals surface area contributed by atoms with Gasteiger partial charge >= 0.3 is 6.61 Å². The first-order valence-electron chi connectivity index (χ1n) is 9.62. The zero-order valence-electron chi connectivity index (χ0n) is 16.7. The predicted octanol–water partition coefficient (Wildman–Crippen LogP) is 4.56. The third-order valence-electron chi connectivity index (χ3n) is 5.07. The Hall–Kier alpha value is -1.16. The summed E-state index contributed by atoms with van der Waals surface area (Å²) in [5, 5.41) is 6.67. The number of nitrogens with one attached hydrogen (secondary N) is 2. The van der Waals surface area contributed by atoms with Crippen molar-refractivity contribution in [1.29, 1.82) is 0 Å². The Balaban J connectivity index is 0.00000392. The first-order valence-corrected chi connectivity index (χ1v) is 9.62. The Bertz CT molecular complexity index is 597. The molecule has 2 rings (SSSR count). The summed E-state index contributed by atoms with van der Waals surface area (Å²) in [6.07, 6.45) is 5.90. The number of rotatable bonds is 10. The maximum absolute atomic E-state index is 12.6. The highest BCUT2D eigenvalue weighted by Gasteiger charge is 2.33. The molecule has 0 atom stereocenters. The van der Waals surface area contributed by atoms with Crippen molar-refractivity contribution in [2.75, 3.05) is 26.8 Å². The number of aliphatic imine (C=N–C) groups is 1. The second kappa shape index (κ2) is 13.1. The van der Waals surface area contributed by atoms with Crippen LogP contribution in [0.1, 0.15) is 44.6 Å². The minimum Gasteiger partial charge on any atom is -0.434 e. The van der Waals surface area contributed by atoms with Crippen molar-refractivity contribution in [3.63, 3.8) is 0 Å². The van der Waals surface area contributed by atoms with E-state index < -0.39 is 6.61 Å². The van der Waals surface area contributed by atoms with Crippen LogP contribution >= 0.6 is 24.0 Å². The number of ether oxygens (including phenoxy) is 2. The molecular formula is C20H32F2IN3O2. The Morgan fingerprint density at radius 3 is 2.57 bits per heavy atom. The third-order valence-corrected chi connectivity index (χ3v) is 5.07. The van der Waals surface area contributed by atoms with Crippen LogP contribution in [0.3, 0.4) is 0 Å². The lowest BCUT2D eigenvalue weighted by atomic mass is 9.83. The molecule has 0 heterocycles. The van der Waals surface area contributed by atoms with E-state index in [1.165, 1.54) is 31.7 Å². The van der Waals surface area contributed by atoms with Gasteiger partial charge in [0, 0.05) is 32.4 Å². The lowest BCUT2D eigenvalue weighted by molar-refractivity contribution is -0.0504. The van der Waals surface area contributed by atoms with Gasteiger partial charge in [0.05, 0.1) is 6.54 Å². The molecule has 1 aromatic carbocycles. The third kappa shape index (κ3) is 8.06. The fourth-order valence-corrected chi connectivity index (χ4v) is 3.58. The molecule has 2 N–H and O–H groups in total. The topological polar surface area (TPSA) is 54.9 Å². The number of guanidine groups is 1. The molecule has 1 aliphatic carbocycles. The van der Waals surface area contributed by atoms with Crippen LogP contribution in [0.2, 0.25) is 0 Å². The number of halogens is 3. The van der Waals surface area contributed by atoms with Crippen LogP contribution in [0.4, 0.5) is 8.78 Å². The molecule has 28 heavy (non-hydrogen) atoms. The second-order valence-electron chi connectivity index (χ2n) is 6.98. The minimum absolute atomic E-state index is 0. The van der Waals surface area contributed by atoms with Gasteiger partial charge in [-0.3, -0.25) is 0 Å². The summed E-state index contributed by atoms with van der Waals surface area (Å²) in [7, 11) is 1.74. The lowest BCUT2D eigenvalue weighted by Gasteiger charge is -2.30. The molecule has 0 amide bonds. The van der Waals surface area contributed by atoms with Gasteiger partial charge in [0.15, 0.2) is 5.96 Å². The first kappa shape index (κ1) is 24.9. The standard InChI is InChI=1S/C20H31F2N3O2.HI/c1-3-23-19(25-15-20(12-13-26-2)10-6-7-11-20)24-14-16-8-4-5-9-17(16)27-18(21)22;/h4-5,8-9,18H,3,6-7,10-15H2,1-2H3,(H2,23,24,25);1H. The fourth-order valence-electron chi connectivity index (χ4n) is 3.58. The van der Waals surface area contributed by atoms with Gasteiger partial charge < -0.3 is 20.1 Å². The molecule has 8 heteroatoms. The average Bonchev–Trinajstić information content (AvgIpc) is 3.12. The summed E-state index contributed by atoms with van der Waals surface area (Å²) < 4.78 is 35.0. The lowest BCUT2D eigenvalue weighted by Crippen LogP contribution is -2.43. The van der Waals surface area contributed by atoms with Crippen LogP contribution in [0, 0.1) is 5.41 Å². The van der Waals surface area contributed by atoms with Crippen molar-refractivity contribution in [2.45, 2.75) is 52.2 Å². The number of methoxy groups -OCH3 is 1. The van der Waals surface area contributed by atoms with Gasteiger partial charge in [-0.15, -0.1) is 24.0 Å². The highest BCUT2D eigenvalue weighted by molar-refractivity contribution is 14.0. The zero-order valence-corrected chi connectivity index (χ0v) is 19.0. The van der Waals surface area contributed by atoms with Crippen LogP contribution in [-0.4, -0.2) is 39.4 Å². The van der Waals surface area contributed by atoms with E-state index in [-0.39, 0.29) is 41.7 Å². The Morgan fingerprint density at radius 2 is 1.93 bits per heavy atom. The summed E-state index contributed by atoms with van der Waals surface area (Å²) in [6.45, 7) is 1.74. The average molecular weight is 511 g/mol. The van der Waals surface area contributed by atoms with E-state index in [1.54, 1.807) is 25.3 Å². The quantitative estimate of drug-likeness (QED) is 0.275. The van der Waals surface area contributed by atoms with Crippen LogP contribution in [0.25, 0.3) is 0 Å². The molecule has 0 unspecified atom stereocenters. The molecule has 1 aliphatic rings. The molecule has 160 valence electrons. The molecule has 1 aromatic rings. The van der Waals surface area contributed by atoms with Crippen molar-refractivity contribution in [3.05, 3.63) is 29.8 Å². The van der Waals surface area contributed by atoms with Gasteiger partial charge in [-0.2, -0.15) is 8.78 Å². The van der Waals surface area contributed by atoms with E-state index in [1.807, 2.05) is 6.92 Å². The van der Waals surface area contributed by atoms with Crippen molar-refractivity contribution in [1.82, 2.24) is 10.6 Å². The van der Waals surface area contributed by atoms with Crippen LogP contribution < -0.4 is 15.4 Å². The van der Waals surface area contributed by atoms with Crippen molar-refractivity contribution in [3.8, 4) is 5.75 Å². The minimum atomic E-state index is -2.84. The number of alkyl halides is 2. The molecule has 0 bridgehead atoms. The number of hydrogen-bond acceptors (Lipinski definition) is 3. The van der Waals surface area contributed by atoms with E-state index >= 15 is 0 Å². The predicted molar refractivity (Wildman–Crippen MR) is 119 cm³/mol. The molecule has 0 aromatic heterocycles. The van der Waals surface area contributed by atoms with Gasteiger partial charge in [0.2, 0.25) is 0 Å². The van der Waals surface area contributed by atoms with Crippen LogP contribution in [0.15, 0.2) is 29.3 Å². The SMILES string of the molecule is CCNC(=NCc1ccccc1OC(F)F)NCC1(CCOC)CCCC1.I. The maximum atomic E-state index is 12.6. The summed E-state index contributed by atoms with van der Waals surface area (Å²) in [4.78, 5) is 4.56. The monoisotopic (exact) mass is 511 g/mol. The largest absolute Gasteiger partial charge is 0.434 e. The number of benzene rings is 1. The van der Waals surface area contributed by atoms with Gasteiger partial charge in [0.1, 0.15) is 5.75 Å². The number of nitrogens with zero attached hydrogens (tertiary/aromatic N) is 1. The molecule has 1 fully saturated rings. The summed E-state index contributed by atoms with van der Waals surface area (Å²) >= 11 is 0. The second-order valence-corrected chi connectivity index (χ2v) is 6.98. The summed E-state index contributed by atoms with van der Waals surface area (Å²) in [6, 6.07) is 6.76. The van der Waals surface area contributed by atoms with Gasteiger partial charge in [-0.1, -0.05) is 31.0 Å². The highest BCUT2D eigenvalue weighted by Crippen LogP contribution is 2.40. The molecule has 0 radical (unpaired) electrons. The summed E-state index contributed by atoms with van der Waals surface area (Å²) in [5.41, 5.74) is 0.869. The van der Waals surface area contributed by atoms with Crippen molar-refractivity contribution in [2.24, 2.45) is 10.4 Å². The van der Waals surface area contributed by atoms with E-state index in [4.69, 9.17) is 4.74 Å². The smallest absolute Gasteiger partial charge is 0.387 e. The fraction of sp³-hybridized carbons (Fsp3) is 0.650. The maximum Gasteiger partial charge on any atom is 0.387 e. The van der Waals surface area contributed by atoms with Gasteiger partial charge in [-0.25, -0.2) is 4.99 Å². The highest BCUT2D eigenvalue weighted by atomic mass is 127. The zero-order chi connectivity index (χ0) is 19.5. The van der Waals surface area contributed by atoms with E-state index in [0.717, 1.165) is 26.1 Å².